The van der Waals surface area contributed by atoms with Crippen molar-refractivity contribution >= 4 is 11.3 Å². The first-order chi connectivity index (χ1) is 7.69. The fraction of sp³-hybridized carbons (Fsp3) is 0.750. The average molecular weight is 239 g/mol. The molecule has 0 radical (unpaired) electrons. The molecule has 1 saturated heterocycles. The Balaban J connectivity index is 1.97. The number of rotatable bonds is 3. The molecule has 2 heterocycles. The molecule has 0 aliphatic carbocycles. The molecule has 16 heavy (non-hydrogen) atoms. The van der Waals surface area contributed by atoms with Gasteiger partial charge < -0.3 is 9.80 Å². The maximum absolute atomic E-state index is 4.51. The van der Waals surface area contributed by atoms with Crippen molar-refractivity contribution in [3.8, 4) is 0 Å². The van der Waals surface area contributed by atoms with Crippen molar-refractivity contribution in [2.24, 2.45) is 0 Å². The molecule has 1 fully saturated rings. The standard InChI is InChI=1S/C12H21N3S/c1-4-11-8-13-12(16-11)7-10-9-14(2)5-6-15(10)3/h8,10H,4-7,9H2,1-3H3. The molecule has 1 aromatic rings. The molecule has 4 heteroatoms. The highest BCUT2D eigenvalue weighted by Crippen LogP contribution is 2.18. The van der Waals surface area contributed by atoms with Crippen molar-refractivity contribution < 1.29 is 0 Å². The quantitative estimate of drug-likeness (QED) is 0.797. The largest absolute Gasteiger partial charge is 0.304 e. The van der Waals surface area contributed by atoms with Gasteiger partial charge in [-0.3, -0.25) is 0 Å². The van der Waals surface area contributed by atoms with Crippen LogP contribution in [0, 0.1) is 0 Å². The van der Waals surface area contributed by atoms with E-state index >= 15 is 0 Å². The molecule has 0 saturated carbocycles. The van der Waals surface area contributed by atoms with Crippen molar-refractivity contribution in [1.29, 1.82) is 0 Å². The van der Waals surface area contributed by atoms with Crippen LogP contribution in [-0.2, 0) is 12.8 Å². The first kappa shape index (κ1) is 12.0. The number of aromatic nitrogens is 1. The Kier molecular flexibility index (Phi) is 3.95. The predicted octanol–water partition coefficient (Wildman–Crippen LogP) is 1.49. The Morgan fingerprint density at radius 3 is 2.94 bits per heavy atom. The SMILES string of the molecule is CCc1cnc(CC2CN(C)CCN2C)s1. The van der Waals surface area contributed by atoms with Crippen molar-refractivity contribution in [3.05, 3.63) is 16.1 Å². The number of thiazole rings is 1. The molecular formula is C12H21N3S. The van der Waals surface area contributed by atoms with Gasteiger partial charge >= 0.3 is 0 Å². The van der Waals surface area contributed by atoms with Crippen LogP contribution in [0.5, 0.6) is 0 Å². The van der Waals surface area contributed by atoms with Gasteiger partial charge in [-0.1, -0.05) is 6.92 Å². The lowest BCUT2D eigenvalue weighted by Gasteiger charge is -2.37. The molecule has 1 aliphatic rings. The van der Waals surface area contributed by atoms with Crippen LogP contribution in [0.15, 0.2) is 6.20 Å². The summed E-state index contributed by atoms with van der Waals surface area (Å²) in [6.07, 6.45) is 4.25. The van der Waals surface area contributed by atoms with Gasteiger partial charge in [-0.15, -0.1) is 11.3 Å². The van der Waals surface area contributed by atoms with E-state index in [9.17, 15) is 0 Å². The van der Waals surface area contributed by atoms with Gasteiger partial charge in [0.15, 0.2) is 0 Å². The smallest absolute Gasteiger partial charge is 0.0943 e. The zero-order valence-electron chi connectivity index (χ0n) is 10.4. The summed E-state index contributed by atoms with van der Waals surface area (Å²) in [5.41, 5.74) is 0. The van der Waals surface area contributed by atoms with Crippen LogP contribution in [0.4, 0.5) is 0 Å². The highest BCUT2D eigenvalue weighted by molar-refractivity contribution is 7.11. The second kappa shape index (κ2) is 5.25. The fourth-order valence-electron chi connectivity index (χ4n) is 2.13. The Labute approximate surface area is 102 Å². The lowest BCUT2D eigenvalue weighted by Crippen LogP contribution is -2.50. The highest BCUT2D eigenvalue weighted by atomic mass is 32.1. The second-order valence-corrected chi connectivity index (χ2v) is 5.87. The van der Waals surface area contributed by atoms with E-state index < -0.39 is 0 Å². The van der Waals surface area contributed by atoms with Gasteiger partial charge in [-0.05, 0) is 20.5 Å². The van der Waals surface area contributed by atoms with Gasteiger partial charge in [0, 0.05) is 43.2 Å². The number of piperazine rings is 1. The molecular weight excluding hydrogens is 218 g/mol. The van der Waals surface area contributed by atoms with Crippen LogP contribution in [-0.4, -0.2) is 54.6 Å². The summed E-state index contributed by atoms with van der Waals surface area (Å²) in [6, 6.07) is 0.634. The third kappa shape index (κ3) is 2.81. The minimum atomic E-state index is 0.634. The van der Waals surface area contributed by atoms with Crippen molar-refractivity contribution in [1.82, 2.24) is 14.8 Å². The number of nitrogens with zero attached hydrogens (tertiary/aromatic N) is 3. The van der Waals surface area contributed by atoms with E-state index in [1.54, 1.807) is 0 Å². The van der Waals surface area contributed by atoms with Gasteiger partial charge in [0.05, 0.1) is 5.01 Å². The maximum Gasteiger partial charge on any atom is 0.0943 e. The highest BCUT2D eigenvalue weighted by Gasteiger charge is 2.23. The molecule has 0 amide bonds. The third-order valence-electron chi connectivity index (χ3n) is 3.34. The summed E-state index contributed by atoms with van der Waals surface area (Å²) in [6.45, 7) is 5.72. The Morgan fingerprint density at radius 2 is 2.25 bits per heavy atom. The Bertz CT molecular complexity index is 337. The third-order valence-corrected chi connectivity index (χ3v) is 4.50. The van der Waals surface area contributed by atoms with Gasteiger partial charge in [-0.25, -0.2) is 4.98 Å². The summed E-state index contributed by atoms with van der Waals surface area (Å²) in [5, 5.41) is 1.30. The molecule has 1 aliphatic heterocycles. The molecule has 90 valence electrons. The fourth-order valence-corrected chi connectivity index (χ4v) is 3.06. The van der Waals surface area contributed by atoms with Crippen molar-refractivity contribution in [2.45, 2.75) is 25.8 Å². The summed E-state index contributed by atoms with van der Waals surface area (Å²) in [7, 11) is 4.44. The first-order valence-corrected chi connectivity index (χ1v) is 6.83. The predicted molar refractivity (Wildman–Crippen MR) is 69.1 cm³/mol. The molecule has 0 aromatic carbocycles. The Hall–Kier alpha value is -0.450. The summed E-state index contributed by atoms with van der Waals surface area (Å²) >= 11 is 1.87. The molecule has 3 nitrogen and oxygen atoms in total. The molecule has 0 spiro atoms. The van der Waals surface area contributed by atoms with Gasteiger partial charge in [0.25, 0.3) is 0 Å². The molecule has 1 atom stereocenters. The number of aryl methyl sites for hydroxylation is 1. The molecule has 1 unspecified atom stereocenters. The van der Waals surface area contributed by atoms with E-state index in [-0.39, 0.29) is 0 Å². The molecule has 0 N–H and O–H groups in total. The van der Waals surface area contributed by atoms with Crippen LogP contribution >= 0.6 is 11.3 Å². The maximum atomic E-state index is 4.51. The van der Waals surface area contributed by atoms with E-state index in [1.807, 2.05) is 17.5 Å². The minimum absolute atomic E-state index is 0.634. The zero-order valence-corrected chi connectivity index (χ0v) is 11.3. The molecule has 2 rings (SSSR count). The van der Waals surface area contributed by atoms with E-state index in [0.717, 1.165) is 19.4 Å². The lowest BCUT2D eigenvalue weighted by molar-refractivity contribution is 0.114. The number of likely N-dealkylation sites (N-methyl/N-ethyl adjacent to an activating group) is 2. The average Bonchev–Trinajstić information content (AvgIpc) is 2.71. The number of hydrogen-bond donors (Lipinski definition) is 0. The topological polar surface area (TPSA) is 19.4 Å². The monoisotopic (exact) mass is 239 g/mol. The van der Waals surface area contributed by atoms with Crippen molar-refractivity contribution in [3.63, 3.8) is 0 Å². The lowest BCUT2D eigenvalue weighted by atomic mass is 10.1. The molecule has 1 aromatic heterocycles. The zero-order chi connectivity index (χ0) is 11.5. The summed E-state index contributed by atoms with van der Waals surface area (Å²) in [5.74, 6) is 0. The van der Waals surface area contributed by atoms with Crippen LogP contribution in [0.2, 0.25) is 0 Å². The van der Waals surface area contributed by atoms with Crippen LogP contribution in [0.3, 0.4) is 0 Å². The normalized spacial score (nSPS) is 23.8. The molecule has 0 bridgehead atoms. The number of hydrogen-bond acceptors (Lipinski definition) is 4. The van der Waals surface area contributed by atoms with E-state index in [0.29, 0.717) is 6.04 Å². The van der Waals surface area contributed by atoms with Crippen LogP contribution in [0.1, 0.15) is 16.8 Å². The van der Waals surface area contributed by atoms with E-state index in [1.165, 1.54) is 23.0 Å². The van der Waals surface area contributed by atoms with Gasteiger partial charge in [0.2, 0.25) is 0 Å². The Morgan fingerprint density at radius 1 is 1.44 bits per heavy atom. The second-order valence-electron chi connectivity index (χ2n) is 4.67. The van der Waals surface area contributed by atoms with Crippen LogP contribution < -0.4 is 0 Å². The van der Waals surface area contributed by atoms with Gasteiger partial charge in [0.1, 0.15) is 0 Å². The van der Waals surface area contributed by atoms with E-state index in [2.05, 4.69) is 35.8 Å². The van der Waals surface area contributed by atoms with Crippen molar-refractivity contribution in [2.75, 3.05) is 33.7 Å². The summed E-state index contributed by atoms with van der Waals surface area (Å²) in [4.78, 5) is 10.8. The van der Waals surface area contributed by atoms with E-state index in [4.69, 9.17) is 0 Å². The summed E-state index contributed by atoms with van der Waals surface area (Å²) < 4.78 is 0. The van der Waals surface area contributed by atoms with Crippen LogP contribution in [0.25, 0.3) is 0 Å². The minimum Gasteiger partial charge on any atom is -0.304 e. The van der Waals surface area contributed by atoms with Gasteiger partial charge in [-0.2, -0.15) is 0 Å². The first-order valence-electron chi connectivity index (χ1n) is 6.01.